The molecule has 0 spiro atoms. The lowest BCUT2D eigenvalue weighted by molar-refractivity contribution is -0.123. The van der Waals surface area contributed by atoms with E-state index >= 15 is 0 Å². The summed E-state index contributed by atoms with van der Waals surface area (Å²) >= 11 is 1.49. The third kappa shape index (κ3) is 9.49. The van der Waals surface area contributed by atoms with Gasteiger partial charge in [0.25, 0.3) is 5.91 Å². The van der Waals surface area contributed by atoms with Crippen LogP contribution in [0, 0.1) is 23.7 Å². The molecule has 2 aliphatic carbocycles. The number of amides is 2. The smallest absolute Gasteiger partial charge is 0.262 e. The van der Waals surface area contributed by atoms with Crippen molar-refractivity contribution in [1.82, 2.24) is 25.9 Å². The molecule has 2 amide bonds. The average Bonchev–Trinajstić information content (AvgIpc) is 3.85. The molecule has 3 aliphatic rings. The topological polar surface area (TPSA) is 96.0 Å². The van der Waals surface area contributed by atoms with E-state index in [0.717, 1.165) is 65.3 Å². The van der Waals surface area contributed by atoms with Gasteiger partial charge in [0, 0.05) is 41.4 Å². The Balaban J connectivity index is 1.06. The maximum Gasteiger partial charge on any atom is 0.262 e. The van der Waals surface area contributed by atoms with Gasteiger partial charge in [-0.2, -0.15) is 0 Å². The first-order valence-corrected chi connectivity index (χ1v) is 20.0. The van der Waals surface area contributed by atoms with E-state index in [2.05, 4.69) is 49.7 Å². The van der Waals surface area contributed by atoms with Gasteiger partial charge < -0.3 is 16.0 Å². The van der Waals surface area contributed by atoms with Gasteiger partial charge in [0.05, 0.1) is 4.88 Å². The highest BCUT2D eigenvalue weighted by molar-refractivity contribution is 7.14. The van der Waals surface area contributed by atoms with E-state index in [1.807, 2.05) is 48.8 Å². The molecular formula is C42H57N5O2S. The first-order chi connectivity index (χ1) is 24.2. The monoisotopic (exact) mass is 695 g/mol. The summed E-state index contributed by atoms with van der Waals surface area (Å²) in [6, 6.07) is 11.3. The quantitative estimate of drug-likeness (QED) is 0.177. The van der Waals surface area contributed by atoms with Crippen LogP contribution in [0.3, 0.4) is 0 Å². The fourth-order valence-electron chi connectivity index (χ4n) is 8.13. The molecule has 7 nitrogen and oxygen atoms in total. The Morgan fingerprint density at radius 3 is 2.30 bits per heavy atom. The lowest BCUT2D eigenvalue weighted by atomic mass is 9.70. The van der Waals surface area contributed by atoms with Crippen molar-refractivity contribution in [2.45, 2.75) is 110 Å². The van der Waals surface area contributed by atoms with Crippen LogP contribution in [-0.2, 0) is 16.6 Å². The van der Waals surface area contributed by atoms with Crippen LogP contribution >= 0.6 is 11.3 Å². The molecule has 8 heteroatoms. The van der Waals surface area contributed by atoms with Gasteiger partial charge in [-0.3, -0.25) is 9.59 Å². The molecule has 50 heavy (non-hydrogen) atoms. The highest BCUT2D eigenvalue weighted by Crippen LogP contribution is 2.42. The van der Waals surface area contributed by atoms with Crippen molar-refractivity contribution in [2.75, 3.05) is 19.6 Å². The van der Waals surface area contributed by atoms with E-state index in [4.69, 9.17) is 9.97 Å². The second kappa shape index (κ2) is 16.8. The summed E-state index contributed by atoms with van der Waals surface area (Å²) < 4.78 is 0. The number of hydrogen-bond donors (Lipinski definition) is 3. The van der Waals surface area contributed by atoms with Gasteiger partial charge in [-0.15, -0.1) is 11.3 Å². The minimum absolute atomic E-state index is 0.0372. The number of hydrogen-bond acceptors (Lipinski definition) is 6. The van der Waals surface area contributed by atoms with Crippen molar-refractivity contribution >= 4 is 28.7 Å². The highest BCUT2D eigenvalue weighted by atomic mass is 32.1. The Labute approximate surface area is 303 Å². The summed E-state index contributed by atoms with van der Waals surface area (Å²) in [5, 5.41) is 9.51. The first kappa shape index (κ1) is 36.4. The van der Waals surface area contributed by atoms with Crippen LogP contribution in [0.15, 0.2) is 54.9 Å². The summed E-state index contributed by atoms with van der Waals surface area (Å²) in [7, 11) is 0. The summed E-state index contributed by atoms with van der Waals surface area (Å²) in [5.41, 5.74) is 4.38. The molecule has 2 unspecified atom stereocenters. The Bertz CT molecular complexity index is 1590. The van der Waals surface area contributed by atoms with Gasteiger partial charge in [0.1, 0.15) is 6.04 Å². The molecule has 3 aromatic rings. The largest absolute Gasteiger partial charge is 0.354 e. The number of aromatic nitrogens is 2. The molecule has 268 valence electrons. The van der Waals surface area contributed by atoms with Crippen molar-refractivity contribution in [3.05, 3.63) is 75.7 Å². The van der Waals surface area contributed by atoms with Crippen molar-refractivity contribution in [1.29, 1.82) is 0 Å². The van der Waals surface area contributed by atoms with Crippen LogP contribution in [0.4, 0.5) is 0 Å². The predicted molar refractivity (Wildman–Crippen MR) is 205 cm³/mol. The van der Waals surface area contributed by atoms with Crippen LogP contribution in [0.1, 0.15) is 118 Å². The fourth-order valence-corrected chi connectivity index (χ4v) is 9.10. The highest BCUT2D eigenvalue weighted by Gasteiger charge is 2.29. The van der Waals surface area contributed by atoms with Gasteiger partial charge in [0.15, 0.2) is 5.82 Å². The molecule has 0 radical (unpaired) electrons. The number of carbonyl (C=O) groups excluding carboxylic acids is 2. The number of nitrogens with one attached hydrogen (secondary N) is 3. The molecular weight excluding hydrogens is 639 g/mol. The second-order valence-corrected chi connectivity index (χ2v) is 17.2. The molecule has 2 aromatic heterocycles. The van der Waals surface area contributed by atoms with Crippen LogP contribution in [0.2, 0.25) is 0 Å². The molecule has 3 heterocycles. The zero-order valence-electron chi connectivity index (χ0n) is 30.6. The number of rotatable bonds is 12. The zero-order valence-corrected chi connectivity index (χ0v) is 31.4. The van der Waals surface area contributed by atoms with Gasteiger partial charge in [-0.25, -0.2) is 9.97 Å². The van der Waals surface area contributed by atoms with E-state index < -0.39 is 6.04 Å². The van der Waals surface area contributed by atoms with Crippen LogP contribution in [-0.4, -0.2) is 47.5 Å². The molecule has 1 saturated heterocycles. The normalized spacial score (nSPS) is 23.2. The lowest BCUT2D eigenvalue weighted by Gasteiger charge is -2.35. The second-order valence-electron chi connectivity index (χ2n) is 16.1. The third-order valence-corrected chi connectivity index (χ3v) is 12.8. The summed E-state index contributed by atoms with van der Waals surface area (Å²) in [5.74, 6) is 3.45. The Kier molecular flexibility index (Phi) is 12.2. The van der Waals surface area contributed by atoms with Crippen LogP contribution < -0.4 is 16.0 Å². The minimum atomic E-state index is -0.683. The first-order valence-electron chi connectivity index (χ1n) is 19.2. The van der Waals surface area contributed by atoms with Gasteiger partial charge >= 0.3 is 0 Å². The average molecular weight is 696 g/mol. The maximum absolute atomic E-state index is 13.5. The molecule has 3 N–H and O–H groups in total. The fraction of sp³-hybridized carbons (Fsp3) is 0.571. The standard InChI is InChI=1S/C42H57N5O2S/c1-5-6-28-7-11-31(12-8-28)32-15-17-33(18-16-32)35-26-44-39(45-27-35)34-13-9-29(10-14-34)23-36(40(48)46-25-30-21-22-43-24-30)47-41(49)37-19-20-38(50-37)42(2,3)4/h9-10,13-14,17,19-20,26-28,30-32,36,43H,5-8,11-12,15-16,18,21-25H2,1-4H3,(H,46,48)(H,47,49)/t28-,30?,31-,32?,36-/m1/s1. The van der Waals surface area contributed by atoms with E-state index in [1.54, 1.807) is 0 Å². The van der Waals surface area contributed by atoms with Crippen molar-refractivity contribution in [3.63, 3.8) is 0 Å². The minimum Gasteiger partial charge on any atom is -0.354 e. The molecule has 2 fully saturated rings. The number of allylic oxidation sites excluding steroid dienone is 2. The van der Waals surface area contributed by atoms with E-state index in [1.165, 1.54) is 68.3 Å². The molecule has 0 bridgehead atoms. The molecule has 6 rings (SSSR count). The SMILES string of the molecule is CCC[C@H]1CC[C@H](C2CC=C(c3cnc(-c4ccc(C[C@@H](NC(=O)c5ccc(C(C)(C)C)s5)C(=O)NCC5CCNC5)cc4)nc3)CC2)CC1. The maximum atomic E-state index is 13.5. The van der Waals surface area contributed by atoms with Crippen molar-refractivity contribution < 1.29 is 9.59 Å². The van der Waals surface area contributed by atoms with Crippen LogP contribution in [0.25, 0.3) is 17.0 Å². The van der Waals surface area contributed by atoms with E-state index in [0.29, 0.717) is 29.6 Å². The molecule has 1 saturated carbocycles. The van der Waals surface area contributed by atoms with E-state index in [9.17, 15) is 9.59 Å². The zero-order chi connectivity index (χ0) is 35.1. The summed E-state index contributed by atoms with van der Waals surface area (Å²) in [4.78, 5) is 38.1. The molecule has 3 atom stereocenters. The number of nitrogens with zero attached hydrogens (tertiary/aromatic N) is 2. The molecule has 1 aliphatic heterocycles. The van der Waals surface area contributed by atoms with E-state index in [-0.39, 0.29) is 17.2 Å². The van der Waals surface area contributed by atoms with Gasteiger partial charge in [-0.1, -0.05) is 83.7 Å². The summed E-state index contributed by atoms with van der Waals surface area (Å²) in [6.45, 7) is 11.2. The summed E-state index contributed by atoms with van der Waals surface area (Å²) in [6.07, 6.45) is 19.9. The van der Waals surface area contributed by atoms with Gasteiger partial charge in [-0.05, 0) is 104 Å². The number of thiophene rings is 1. The van der Waals surface area contributed by atoms with Crippen molar-refractivity contribution in [2.24, 2.45) is 23.7 Å². The van der Waals surface area contributed by atoms with Gasteiger partial charge in [0.2, 0.25) is 5.91 Å². The Hall–Kier alpha value is -3.36. The Morgan fingerprint density at radius 2 is 1.68 bits per heavy atom. The Morgan fingerprint density at radius 1 is 0.920 bits per heavy atom. The lowest BCUT2D eigenvalue weighted by Crippen LogP contribution is -2.49. The predicted octanol–water partition coefficient (Wildman–Crippen LogP) is 8.36. The molecule has 1 aromatic carbocycles. The number of carbonyl (C=O) groups is 2. The van der Waals surface area contributed by atoms with Crippen molar-refractivity contribution in [3.8, 4) is 11.4 Å². The number of benzene rings is 1. The van der Waals surface area contributed by atoms with Crippen LogP contribution in [0.5, 0.6) is 0 Å². The third-order valence-electron chi connectivity index (χ3n) is 11.3.